The lowest BCUT2D eigenvalue weighted by atomic mass is 10.0. The molecule has 0 spiro atoms. The lowest BCUT2D eigenvalue weighted by molar-refractivity contribution is -0.141. The Bertz CT molecular complexity index is 775. The van der Waals surface area contributed by atoms with Gasteiger partial charge in [-0.15, -0.1) is 0 Å². The largest absolute Gasteiger partial charge is 0.481 e. The molecule has 0 unspecified atom stereocenters. The molecule has 1 saturated carbocycles. The van der Waals surface area contributed by atoms with E-state index in [1.165, 1.54) is 0 Å². The normalized spacial score (nSPS) is 19.0. The molecule has 5 nitrogen and oxygen atoms in total. The van der Waals surface area contributed by atoms with Gasteiger partial charge < -0.3 is 15.2 Å². The van der Waals surface area contributed by atoms with E-state index in [1.54, 1.807) is 0 Å². The Morgan fingerprint density at radius 2 is 1.59 bits per heavy atom. The number of amides is 1. The third kappa shape index (κ3) is 5.41. The minimum absolute atomic E-state index is 0.0567. The SMILES string of the molecule is O=C(O)[C@@H]1CC[C@H](C(=O)NCc2ccccc2COCc2ccccc2)C1. The molecule has 0 heterocycles. The van der Waals surface area contributed by atoms with Crippen molar-refractivity contribution in [3.8, 4) is 0 Å². The summed E-state index contributed by atoms with van der Waals surface area (Å²) in [6.07, 6.45) is 1.66. The first-order valence-corrected chi connectivity index (χ1v) is 9.32. The summed E-state index contributed by atoms with van der Waals surface area (Å²) in [5.74, 6) is -1.45. The van der Waals surface area contributed by atoms with E-state index >= 15 is 0 Å². The summed E-state index contributed by atoms with van der Waals surface area (Å²) in [6, 6.07) is 17.9. The molecule has 2 aromatic carbocycles. The van der Waals surface area contributed by atoms with E-state index in [2.05, 4.69) is 5.32 Å². The van der Waals surface area contributed by atoms with E-state index in [0.717, 1.165) is 16.7 Å². The zero-order chi connectivity index (χ0) is 19.1. The molecule has 27 heavy (non-hydrogen) atoms. The van der Waals surface area contributed by atoms with E-state index in [4.69, 9.17) is 9.84 Å². The van der Waals surface area contributed by atoms with Crippen LogP contribution in [0.15, 0.2) is 54.6 Å². The molecule has 0 aromatic heterocycles. The number of carbonyl (C=O) groups excluding carboxylic acids is 1. The lowest BCUT2D eigenvalue weighted by Gasteiger charge is -2.14. The van der Waals surface area contributed by atoms with Crippen molar-refractivity contribution in [3.63, 3.8) is 0 Å². The van der Waals surface area contributed by atoms with Crippen LogP contribution in [0, 0.1) is 11.8 Å². The molecule has 0 aliphatic heterocycles. The Labute approximate surface area is 159 Å². The van der Waals surface area contributed by atoms with E-state index < -0.39 is 5.97 Å². The summed E-state index contributed by atoms with van der Waals surface area (Å²) in [7, 11) is 0. The average molecular weight is 367 g/mol. The summed E-state index contributed by atoms with van der Waals surface area (Å²) >= 11 is 0. The topological polar surface area (TPSA) is 75.6 Å². The number of hydrogen-bond acceptors (Lipinski definition) is 3. The molecule has 2 N–H and O–H groups in total. The Morgan fingerprint density at radius 3 is 2.30 bits per heavy atom. The standard InChI is InChI=1S/C22H25NO4/c24-21(17-10-11-18(12-17)22(25)26)23-13-19-8-4-5-9-20(19)15-27-14-16-6-2-1-3-7-16/h1-9,17-18H,10-15H2,(H,23,24)(H,25,26)/t17-,18+/m0/s1. The fraction of sp³-hybridized carbons (Fsp3) is 0.364. The van der Waals surface area contributed by atoms with Crippen molar-refractivity contribution in [1.29, 1.82) is 0 Å². The zero-order valence-corrected chi connectivity index (χ0v) is 15.3. The number of rotatable bonds is 8. The molecule has 1 aliphatic carbocycles. The highest BCUT2D eigenvalue weighted by Gasteiger charge is 2.33. The van der Waals surface area contributed by atoms with Crippen molar-refractivity contribution in [2.45, 2.75) is 39.0 Å². The van der Waals surface area contributed by atoms with Crippen LogP contribution < -0.4 is 5.32 Å². The molecule has 1 amide bonds. The van der Waals surface area contributed by atoms with Gasteiger partial charge in [-0.05, 0) is 36.0 Å². The predicted molar refractivity (Wildman–Crippen MR) is 102 cm³/mol. The van der Waals surface area contributed by atoms with Gasteiger partial charge in [0.05, 0.1) is 19.1 Å². The Balaban J connectivity index is 1.50. The summed E-state index contributed by atoms with van der Waals surface area (Å²) in [5.41, 5.74) is 3.19. The third-order valence-electron chi connectivity index (χ3n) is 5.09. The molecule has 2 aromatic rings. The van der Waals surface area contributed by atoms with Crippen LogP contribution in [0.5, 0.6) is 0 Å². The van der Waals surface area contributed by atoms with Crippen LogP contribution in [0.2, 0.25) is 0 Å². The summed E-state index contributed by atoms with van der Waals surface area (Å²) < 4.78 is 5.82. The number of aliphatic carboxylic acids is 1. The van der Waals surface area contributed by atoms with Gasteiger partial charge in [0.1, 0.15) is 0 Å². The van der Waals surface area contributed by atoms with Crippen molar-refractivity contribution in [3.05, 3.63) is 71.3 Å². The van der Waals surface area contributed by atoms with Crippen molar-refractivity contribution in [2.75, 3.05) is 0 Å². The van der Waals surface area contributed by atoms with Crippen LogP contribution in [-0.2, 0) is 34.1 Å². The van der Waals surface area contributed by atoms with Gasteiger partial charge in [-0.3, -0.25) is 9.59 Å². The van der Waals surface area contributed by atoms with Gasteiger partial charge in [0, 0.05) is 12.5 Å². The molecule has 5 heteroatoms. The van der Waals surface area contributed by atoms with Gasteiger partial charge in [-0.25, -0.2) is 0 Å². The first-order chi connectivity index (χ1) is 13.1. The van der Waals surface area contributed by atoms with Gasteiger partial charge in [0.25, 0.3) is 0 Å². The second-order valence-corrected chi connectivity index (χ2v) is 7.01. The van der Waals surface area contributed by atoms with Gasteiger partial charge in [-0.1, -0.05) is 54.6 Å². The Hall–Kier alpha value is -2.66. The second-order valence-electron chi connectivity index (χ2n) is 7.01. The van der Waals surface area contributed by atoms with Crippen LogP contribution in [0.25, 0.3) is 0 Å². The molecule has 1 aliphatic rings. The van der Waals surface area contributed by atoms with Crippen molar-refractivity contribution in [2.24, 2.45) is 11.8 Å². The number of carboxylic acid groups (broad SMARTS) is 1. The molecule has 0 bridgehead atoms. The molecule has 3 rings (SSSR count). The molecule has 0 saturated heterocycles. The first-order valence-electron chi connectivity index (χ1n) is 9.32. The number of carbonyl (C=O) groups is 2. The minimum atomic E-state index is -0.800. The number of benzene rings is 2. The average Bonchev–Trinajstić information content (AvgIpc) is 3.18. The van der Waals surface area contributed by atoms with E-state index in [0.29, 0.717) is 39.0 Å². The van der Waals surface area contributed by atoms with Crippen LogP contribution in [0.3, 0.4) is 0 Å². The fourth-order valence-electron chi connectivity index (χ4n) is 3.49. The fourth-order valence-corrected chi connectivity index (χ4v) is 3.49. The molecular weight excluding hydrogens is 342 g/mol. The van der Waals surface area contributed by atoms with Crippen LogP contribution in [0.4, 0.5) is 0 Å². The molecule has 142 valence electrons. The Kier molecular flexibility index (Phi) is 6.60. The van der Waals surface area contributed by atoms with Gasteiger partial charge >= 0.3 is 5.97 Å². The maximum atomic E-state index is 12.4. The van der Waals surface area contributed by atoms with Crippen LogP contribution in [-0.4, -0.2) is 17.0 Å². The third-order valence-corrected chi connectivity index (χ3v) is 5.09. The zero-order valence-electron chi connectivity index (χ0n) is 15.3. The van der Waals surface area contributed by atoms with Crippen molar-refractivity contribution in [1.82, 2.24) is 5.32 Å². The minimum Gasteiger partial charge on any atom is -0.481 e. The number of nitrogens with one attached hydrogen (secondary N) is 1. The van der Waals surface area contributed by atoms with E-state index in [9.17, 15) is 9.59 Å². The van der Waals surface area contributed by atoms with Crippen LogP contribution in [0.1, 0.15) is 36.0 Å². The molecule has 1 fully saturated rings. The first kappa shape index (κ1) is 19.1. The number of carboxylic acids is 1. The van der Waals surface area contributed by atoms with Gasteiger partial charge in [0.15, 0.2) is 0 Å². The van der Waals surface area contributed by atoms with Crippen molar-refractivity contribution >= 4 is 11.9 Å². The predicted octanol–water partition coefficient (Wildman–Crippen LogP) is 3.52. The smallest absolute Gasteiger partial charge is 0.306 e. The second kappa shape index (κ2) is 9.33. The van der Waals surface area contributed by atoms with Crippen molar-refractivity contribution < 1.29 is 19.4 Å². The van der Waals surface area contributed by atoms with Crippen LogP contribution >= 0.6 is 0 Å². The molecule has 2 atom stereocenters. The highest BCUT2D eigenvalue weighted by molar-refractivity contribution is 5.80. The number of hydrogen-bond donors (Lipinski definition) is 2. The quantitative estimate of drug-likeness (QED) is 0.748. The highest BCUT2D eigenvalue weighted by atomic mass is 16.5. The lowest BCUT2D eigenvalue weighted by Crippen LogP contribution is -2.29. The molecular formula is C22H25NO4. The maximum Gasteiger partial charge on any atom is 0.306 e. The number of ether oxygens (including phenoxy) is 1. The monoisotopic (exact) mass is 367 g/mol. The summed E-state index contributed by atoms with van der Waals surface area (Å²) in [5, 5.41) is 12.0. The van der Waals surface area contributed by atoms with E-state index in [-0.39, 0.29) is 17.7 Å². The van der Waals surface area contributed by atoms with Gasteiger partial charge in [0.2, 0.25) is 5.91 Å². The highest BCUT2D eigenvalue weighted by Crippen LogP contribution is 2.31. The molecule has 0 radical (unpaired) electrons. The summed E-state index contributed by atoms with van der Waals surface area (Å²) in [6.45, 7) is 1.45. The van der Waals surface area contributed by atoms with Gasteiger partial charge in [-0.2, -0.15) is 0 Å². The maximum absolute atomic E-state index is 12.4. The summed E-state index contributed by atoms with van der Waals surface area (Å²) in [4.78, 5) is 23.4. The van der Waals surface area contributed by atoms with E-state index in [1.807, 2.05) is 54.6 Å². The Morgan fingerprint density at radius 1 is 0.926 bits per heavy atom.